The number of thiophene rings is 1. The average molecular weight is 509 g/mol. The van der Waals surface area contributed by atoms with Crippen LogP contribution in [0, 0.1) is 0 Å². The van der Waals surface area contributed by atoms with E-state index in [4.69, 9.17) is 9.84 Å². The number of morpholine rings is 1. The van der Waals surface area contributed by atoms with Crippen molar-refractivity contribution in [2.75, 3.05) is 18.4 Å². The first-order valence-corrected chi connectivity index (χ1v) is 13.0. The highest BCUT2D eigenvalue weighted by Crippen LogP contribution is 2.34. The van der Waals surface area contributed by atoms with Crippen molar-refractivity contribution in [1.29, 1.82) is 0 Å². The molecule has 0 spiro atoms. The normalized spacial score (nSPS) is 25.5. The van der Waals surface area contributed by atoms with E-state index in [1.54, 1.807) is 16.8 Å². The van der Waals surface area contributed by atoms with E-state index >= 15 is 0 Å². The van der Waals surface area contributed by atoms with Crippen molar-refractivity contribution in [1.82, 2.24) is 24.8 Å². The van der Waals surface area contributed by atoms with Gasteiger partial charge in [0.1, 0.15) is 11.9 Å². The van der Waals surface area contributed by atoms with Gasteiger partial charge in [-0.1, -0.05) is 0 Å². The summed E-state index contributed by atoms with van der Waals surface area (Å²) in [6.07, 6.45) is 4.80. The molecule has 188 valence electrons. The highest BCUT2D eigenvalue weighted by Gasteiger charge is 2.29. The number of imidazole rings is 1. The molecular formula is C25H28N6O4S. The summed E-state index contributed by atoms with van der Waals surface area (Å²) in [5.74, 6) is -0.210. The lowest BCUT2D eigenvalue weighted by molar-refractivity contribution is -0.120. The van der Waals surface area contributed by atoms with E-state index < -0.39 is 6.23 Å². The number of anilines is 1. The zero-order valence-electron chi connectivity index (χ0n) is 20.1. The molecule has 3 atom stereocenters. The summed E-state index contributed by atoms with van der Waals surface area (Å²) < 4.78 is 7.50. The predicted octanol–water partition coefficient (Wildman–Crippen LogP) is 2.50. The second-order valence-corrected chi connectivity index (χ2v) is 10.9. The minimum Gasteiger partial charge on any atom is -0.379 e. The summed E-state index contributed by atoms with van der Waals surface area (Å²) in [5.41, 5.74) is 3.50. The Kier molecular flexibility index (Phi) is 5.78. The van der Waals surface area contributed by atoms with Crippen molar-refractivity contribution < 1.29 is 19.4 Å². The Labute approximate surface area is 212 Å². The van der Waals surface area contributed by atoms with Gasteiger partial charge in [0, 0.05) is 19.1 Å². The van der Waals surface area contributed by atoms with Crippen LogP contribution in [0.4, 0.5) is 5.69 Å². The number of nitrogens with zero attached hydrogens (tertiary/aromatic N) is 4. The molecule has 11 heteroatoms. The standard InChI is InChI=1S/C25H28N6O4S/c1-13-11-30(12-14(2)35-13)25(34)21-6-5-20(36-21)18-9-19(27-16-3-4-16)23-26-10-17(31(23)29-18)7-15-8-22(32)28-24(15)33/h5-7,9-10,13-14,16,24,27,33H,3-4,8,11-12H2,1-2H3,(H,28,32)/b15-7+. The third kappa shape index (κ3) is 4.49. The lowest BCUT2D eigenvalue weighted by Gasteiger charge is -2.35. The first kappa shape index (κ1) is 23.1. The van der Waals surface area contributed by atoms with Crippen LogP contribution < -0.4 is 10.6 Å². The zero-order valence-corrected chi connectivity index (χ0v) is 20.9. The number of amides is 2. The molecule has 10 nitrogen and oxygen atoms in total. The SMILES string of the molecule is CC1CN(C(=O)c2ccc(-c3cc(NC4CC4)c4ncc(/C=C5\CC(=O)NC5O)n4n3)s2)CC(C)O1. The molecule has 3 aromatic heterocycles. The summed E-state index contributed by atoms with van der Waals surface area (Å²) >= 11 is 1.42. The third-order valence-corrected chi connectivity index (χ3v) is 7.65. The average Bonchev–Trinajstić information content (AvgIpc) is 3.22. The lowest BCUT2D eigenvalue weighted by Crippen LogP contribution is -2.48. The van der Waals surface area contributed by atoms with Gasteiger partial charge in [0.05, 0.1) is 46.0 Å². The Bertz CT molecular complexity index is 1370. The maximum Gasteiger partial charge on any atom is 0.264 e. The maximum absolute atomic E-state index is 13.2. The number of fused-ring (bicyclic) bond motifs is 1. The first-order chi connectivity index (χ1) is 17.3. The summed E-state index contributed by atoms with van der Waals surface area (Å²) in [5, 5.41) is 21.0. The van der Waals surface area contributed by atoms with Gasteiger partial charge in [-0.2, -0.15) is 5.10 Å². The van der Waals surface area contributed by atoms with Crippen LogP contribution >= 0.6 is 11.3 Å². The number of aliphatic hydroxyl groups is 1. The van der Waals surface area contributed by atoms with Crippen LogP contribution in [0.1, 0.15) is 48.5 Å². The molecular weight excluding hydrogens is 480 g/mol. The number of nitrogens with one attached hydrogen (secondary N) is 2. The molecule has 0 aromatic carbocycles. The predicted molar refractivity (Wildman–Crippen MR) is 136 cm³/mol. The quantitative estimate of drug-likeness (QED) is 0.484. The number of hydrogen-bond donors (Lipinski definition) is 3. The highest BCUT2D eigenvalue weighted by molar-refractivity contribution is 7.17. The summed E-state index contributed by atoms with van der Waals surface area (Å²) in [6.45, 7) is 5.12. The van der Waals surface area contributed by atoms with Gasteiger partial charge < -0.3 is 25.4 Å². The van der Waals surface area contributed by atoms with E-state index in [1.807, 2.05) is 36.9 Å². The minimum atomic E-state index is -1.01. The van der Waals surface area contributed by atoms with Crippen molar-refractivity contribution in [3.8, 4) is 10.6 Å². The Morgan fingerprint density at radius 2 is 2.06 bits per heavy atom. The molecule has 1 aliphatic carbocycles. The van der Waals surface area contributed by atoms with Crippen molar-refractivity contribution >= 4 is 40.6 Å². The van der Waals surface area contributed by atoms with E-state index in [2.05, 4.69) is 15.6 Å². The molecule has 6 rings (SSSR count). The molecule has 5 heterocycles. The fourth-order valence-electron chi connectivity index (χ4n) is 4.75. The van der Waals surface area contributed by atoms with Crippen molar-refractivity contribution in [2.45, 2.75) is 57.6 Å². The zero-order chi connectivity index (χ0) is 25.0. The van der Waals surface area contributed by atoms with Crippen molar-refractivity contribution in [3.05, 3.63) is 40.5 Å². The molecule has 36 heavy (non-hydrogen) atoms. The van der Waals surface area contributed by atoms with Crippen LogP contribution in [0.3, 0.4) is 0 Å². The van der Waals surface area contributed by atoms with Crippen LogP contribution in [-0.2, 0) is 9.53 Å². The number of carbonyl (C=O) groups excluding carboxylic acids is 2. The van der Waals surface area contributed by atoms with Gasteiger partial charge in [-0.15, -0.1) is 11.3 Å². The number of aliphatic hydroxyl groups excluding tert-OH is 1. The van der Waals surface area contributed by atoms with Gasteiger partial charge in [-0.25, -0.2) is 9.50 Å². The summed E-state index contributed by atoms with van der Waals surface area (Å²) in [7, 11) is 0. The van der Waals surface area contributed by atoms with Crippen LogP contribution in [0.5, 0.6) is 0 Å². The fraction of sp³-hybridized carbons (Fsp3) is 0.440. The van der Waals surface area contributed by atoms with Crippen LogP contribution in [-0.4, -0.2) is 74.0 Å². The van der Waals surface area contributed by atoms with Gasteiger partial charge in [0.15, 0.2) is 5.65 Å². The minimum absolute atomic E-state index is 0.00565. The highest BCUT2D eigenvalue weighted by atomic mass is 32.1. The van der Waals surface area contributed by atoms with E-state index in [0.717, 1.165) is 29.1 Å². The molecule has 1 saturated carbocycles. The number of hydrogen-bond acceptors (Lipinski definition) is 8. The molecule has 0 radical (unpaired) electrons. The second-order valence-electron chi connectivity index (χ2n) is 9.78. The third-order valence-electron chi connectivity index (χ3n) is 6.55. The molecule has 2 saturated heterocycles. The Balaban J connectivity index is 1.35. The molecule has 3 N–H and O–H groups in total. The Hall–Kier alpha value is -3.28. The molecule has 3 aromatic rings. The molecule has 2 amide bonds. The maximum atomic E-state index is 13.2. The number of rotatable bonds is 5. The van der Waals surface area contributed by atoms with Gasteiger partial charge >= 0.3 is 0 Å². The van der Waals surface area contributed by atoms with Gasteiger partial charge in [0.2, 0.25) is 5.91 Å². The fourth-order valence-corrected chi connectivity index (χ4v) is 5.68. The second kappa shape index (κ2) is 8.99. The molecule has 2 aliphatic heterocycles. The van der Waals surface area contributed by atoms with Crippen molar-refractivity contribution in [2.24, 2.45) is 0 Å². The van der Waals surface area contributed by atoms with E-state index in [1.165, 1.54) is 11.3 Å². The van der Waals surface area contributed by atoms with Gasteiger partial charge in [-0.05, 0) is 56.5 Å². The largest absolute Gasteiger partial charge is 0.379 e. The lowest BCUT2D eigenvalue weighted by atomic mass is 10.2. The molecule has 3 aliphatic rings. The number of carbonyl (C=O) groups is 2. The number of aromatic nitrogens is 3. The van der Waals surface area contributed by atoms with Gasteiger partial charge in [-0.3, -0.25) is 9.59 Å². The van der Waals surface area contributed by atoms with E-state index in [9.17, 15) is 14.7 Å². The molecule has 0 bridgehead atoms. The Morgan fingerprint density at radius 3 is 2.75 bits per heavy atom. The smallest absolute Gasteiger partial charge is 0.264 e. The van der Waals surface area contributed by atoms with Crippen LogP contribution in [0.15, 0.2) is 30.0 Å². The van der Waals surface area contributed by atoms with Crippen molar-refractivity contribution in [3.63, 3.8) is 0 Å². The monoisotopic (exact) mass is 508 g/mol. The molecule has 3 unspecified atom stereocenters. The number of ether oxygens (including phenoxy) is 1. The topological polar surface area (TPSA) is 121 Å². The first-order valence-electron chi connectivity index (χ1n) is 12.2. The van der Waals surface area contributed by atoms with Crippen LogP contribution in [0.25, 0.3) is 22.3 Å². The molecule has 3 fully saturated rings. The summed E-state index contributed by atoms with van der Waals surface area (Å²) in [4.78, 5) is 32.8. The summed E-state index contributed by atoms with van der Waals surface area (Å²) in [6, 6.07) is 6.17. The van der Waals surface area contributed by atoms with Crippen LogP contribution in [0.2, 0.25) is 0 Å². The van der Waals surface area contributed by atoms with Gasteiger partial charge in [0.25, 0.3) is 5.91 Å². The van der Waals surface area contributed by atoms with E-state index in [0.29, 0.717) is 40.9 Å². The van der Waals surface area contributed by atoms with E-state index in [-0.39, 0.29) is 30.4 Å². The Morgan fingerprint density at radius 1 is 1.28 bits per heavy atom.